The Kier molecular flexibility index (Phi) is 4.27. The van der Waals surface area contributed by atoms with Gasteiger partial charge in [-0.1, -0.05) is 30.3 Å². The van der Waals surface area contributed by atoms with E-state index in [-0.39, 0.29) is 30.1 Å². The van der Waals surface area contributed by atoms with Gasteiger partial charge in [0.2, 0.25) is 5.91 Å². The highest BCUT2D eigenvalue weighted by Gasteiger charge is 2.42. The maximum Gasteiger partial charge on any atom is 0.223 e. The molecule has 2 aliphatic heterocycles. The molecule has 2 aliphatic rings. The summed E-state index contributed by atoms with van der Waals surface area (Å²) in [6.07, 6.45) is 4.52. The molecule has 2 fully saturated rings. The topological polar surface area (TPSA) is 66.6 Å². The van der Waals surface area contributed by atoms with Crippen LogP contribution in [0, 0.1) is 0 Å². The summed E-state index contributed by atoms with van der Waals surface area (Å²) in [6, 6.07) is 10.4. The van der Waals surface area contributed by atoms with Crippen LogP contribution in [0.5, 0.6) is 0 Å². The van der Waals surface area contributed by atoms with Gasteiger partial charge >= 0.3 is 0 Å². The summed E-state index contributed by atoms with van der Waals surface area (Å²) in [6.45, 7) is 0. The second-order valence-electron chi connectivity index (χ2n) is 6.37. The van der Waals surface area contributed by atoms with Crippen LogP contribution >= 0.6 is 0 Å². The van der Waals surface area contributed by atoms with E-state index in [9.17, 15) is 9.90 Å². The van der Waals surface area contributed by atoms with Gasteiger partial charge in [0.15, 0.2) is 0 Å². The number of carbonyl (C=O) groups is 1. The minimum atomic E-state index is -0.224. The van der Waals surface area contributed by atoms with Gasteiger partial charge < -0.3 is 15.7 Å². The van der Waals surface area contributed by atoms with Gasteiger partial charge in [0.05, 0.1) is 6.10 Å². The molecule has 4 heteroatoms. The number of benzene rings is 1. The Balaban J connectivity index is 1.55. The zero-order valence-electron chi connectivity index (χ0n) is 12.3. The van der Waals surface area contributed by atoms with E-state index in [0.29, 0.717) is 12.8 Å². The first kappa shape index (κ1) is 14.5. The Morgan fingerprint density at radius 2 is 1.86 bits per heavy atom. The number of aliphatic hydroxyl groups is 1. The molecule has 0 saturated carbocycles. The summed E-state index contributed by atoms with van der Waals surface area (Å²) in [4.78, 5) is 14.5. The summed E-state index contributed by atoms with van der Waals surface area (Å²) in [5.41, 5.74) is 7.25. The predicted octanol–water partition coefficient (Wildman–Crippen LogP) is 1.98. The van der Waals surface area contributed by atoms with Gasteiger partial charge in [-0.15, -0.1) is 0 Å². The van der Waals surface area contributed by atoms with Crippen LogP contribution in [0.25, 0.3) is 0 Å². The fourth-order valence-electron chi connectivity index (χ4n) is 3.83. The molecular formula is C17H24N2O2. The maximum atomic E-state index is 12.5. The highest BCUT2D eigenvalue weighted by Crippen LogP contribution is 2.36. The quantitative estimate of drug-likeness (QED) is 0.890. The average molecular weight is 288 g/mol. The van der Waals surface area contributed by atoms with Crippen LogP contribution in [0.2, 0.25) is 0 Å². The van der Waals surface area contributed by atoms with Crippen molar-refractivity contribution in [1.29, 1.82) is 0 Å². The SMILES string of the molecule is NC(CCC(=O)N1C2CCC1CC(O)C2)c1ccccc1. The van der Waals surface area contributed by atoms with E-state index in [1.807, 2.05) is 35.2 Å². The molecule has 114 valence electrons. The number of hydrogen-bond acceptors (Lipinski definition) is 3. The lowest BCUT2D eigenvalue weighted by Gasteiger charge is -2.37. The third-order valence-electron chi connectivity index (χ3n) is 4.89. The largest absolute Gasteiger partial charge is 0.393 e. The standard InChI is InChI=1S/C17H24N2O2/c18-16(12-4-2-1-3-5-12)8-9-17(21)19-13-6-7-14(19)11-15(20)10-13/h1-5,13-16,20H,6-11,18H2. The van der Waals surface area contributed by atoms with Gasteiger partial charge in [0, 0.05) is 24.5 Å². The van der Waals surface area contributed by atoms with Gasteiger partial charge in [0.25, 0.3) is 0 Å². The lowest BCUT2D eigenvalue weighted by atomic mass is 9.98. The van der Waals surface area contributed by atoms with Crippen molar-refractivity contribution in [2.24, 2.45) is 5.73 Å². The molecule has 1 amide bonds. The molecule has 2 heterocycles. The van der Waals surface area contributed by atoms with Gasteiger partial charge in [-0.25, -0.2) is 0 Å². The number of piperidine rings is 1. The van der Waals surface area contributed by atoms with Gasteiger partial charge in [-0.3, -0.25) is 4.79 Å². The Bertz CT molecular complexity index is 477. The van der Waals surface area contributed by atoms with E-state index in [1.165, 1.54) is 0 Å². The molecular weight excluding hydrogens is 264 g/mol. The number of nitrogens with zero attached hydrogens (tertiary/aromatic N) is 1. The van der Waals surface area contributed by atoms with Gasteiger partial charge in [-0.2, -0.15) is 0 Å². The number of aliphatic hydroxyl groups excluding tert-OH is 1. The maximum absolute atomic E-state index is 12.5. The summed E-state index contributed by atoms with van der Waals surface area (Å²) in [7, 11) is 0. The summed E-state index contributed by atoms with van der Waals surface area (Å²) in [5.74, 6) is 0.209. The Hall–Kier alpha value is -1.39. The third-order valence-corrected chi connectivity index (χ3v) is 4.89. The highest BCUT2D eigenvalue weighted by atomic mass is 16.3. The van der Waals surface area contributed by atoms with Crippen LogP contribution in [0.4, 0.5) is 0 Å². The van der Waals surface area contributed by atoms with Crippen LogP contribution in [0.15, 0.2) is 30.3 Å². The molecule has 0 spiro atoms. The molecule has 4 nitrogen and oxygen atoms in total. The first-order valence-electron chi connectivity index (χ1n) is 7.95. The summed E-state index contributed by atoms with van der Waals surface area (Å²) >= 11 is 0. The molecule has 3 unspecified atom stereocenters. The van der Waals surface area contributed by atoms with Gasteiger partial charge in [0.1, 0.15) is 0 Å². The second-order valence-corrected chi connectivity index (χ2v) is 6.37. The molecule has 21 heavy (non-hydrogen) atoms. The Labute approximate surface area is 125 Å². The van der Waals surface area contributed by atoms with E-state index >= 15 is 0 Å². The lowest BCUT2D eigenvalue weighted by Crippen LogP contribution is -2.48. The van der Waals surface area contributed by atoms with Crippen LogP contribution in [-0.4, -0.2) is 34.1 Å². The molecule has 2 bridgehead atoms. The number of rotatable bonds is 4. The van der Waals surface area contributed by atoms with E-state index in [0.717, 1.165) is 31.2 Å². The molecule has 3 atom stereocenters. The van der Waals surface area contributed by atoms with Crippen molar-refractivity contribution in [2.45, 2.75) is 62.8 Å². The van der Waals surface area contributed by atoms with Crippen molar-refractivity contribution in [2.75, 3.05) is 0 Å². The molecule has 3 rings (SSSR count). The molecule has 1 aromatic rings. The van der Waals surface area contributed by atoms with Crippen molar-refractivity contribution in [3.05, 3.63) is 35.9 Å². The van der Waals surface area contributed by atoms with Gasteiger partial charge in [-0.05, 0) is 37.7 Å². The molecule has 0 aromatic heterocycles. The van der Waals surface area contributed by atoms with Crippen LogP contribution in [0.3, 0.4) is 0 Å². The van der Waals surface area contributed by atoms with Crippen LogP contribution in [-0.2, 0) is 4.79 Å². The van der Waals surface area contributed by atoms with Crippen molar-refractivity contribution in [3.63, 3.8) is 0 Å². The molecule has 3 N–H and O–H groups in total. The normalized spacial score (nSPS) is 29.4. The minimum Gasteiger partial charge on any atom is -0.393 e. The van der Waals surface area contributed by atoms with Crippen molar-refractivity contribution >= 4 is 5.91 Å². The van der Waals surface area contributed by atoms with Crippen LogP contribution < -0.4 is 5.73 Å². The summed E-state index contributed by atoms with van der Waals surface area (Å²) < 4.78 is 0. The second kappa shape index (κ2) is 6.16. The van der Waals surface area contributed by atoms with Crippen LogP contribution in [0.1, 0.15) is 50.1 Å². The lowest BCUT2D eigenvalue weighted by molar-refractivity contribution is -0.137. The van der Waals surface area contributed by atoms with E-state index < -0.39 is 0 Å². The van der Waals surface area contributed by atoms with E-state index in [1.54, 1.807) is 0 Å². The molecule has 2 saturated heterocycles. The molecule has 0 aliphatic carbocycles. The first-order valence-corrected chi connectivity index (χ1v) is 7.95. The zero-order chi connectivity index (χ0) is 14.8. The fraction of sp³-hybridized carbons (Fsp3) is 0.588. The number of amides is 1. The summed E-state index contributed by atoms with van der Waals surface area (Å²) in [5, 5.41) is 9.80. The number of carbonyl (C=O) groups excluding carboxylic acids is 1. The third kappa shape index (κ3) is 3.11. The predicted molar refractivity (Wildman–Crippen MR) is 81.5 cm³/mol. The number of hydrogen-bond donors (Lipinski definition) is 2. The minimum absolute atomic E-state index is 0.0804. The van der Waals surface area contributed by atoms with E-state index in [4.69, 9.17) is 5.73 Å². The van der Waals surface area contributed by atoms with Crippen molar-refractivity contribution < 1.29 is 9.90 Å². The Morgan fingerprint density at radius 3 is 2.48 bits per heavy atom. The first-order chi connectivity index (χ1) is 10.1. The monoisotopic (exact) mass is 288 g/mol. The number of fused-ring (bicyclic) bond motifs is 2. The molecule has 1 aromatic carbocycles. The number of nitrogens with two attached hydrogens (primary N) is 1. The van der Waals surface area contributed by atoms with Crippen molar-refractivity contribution in [1.82, 2.24) is 4.90 Å². The van der Waals surface area contributed by atoms with E-state index in [2.05, 4.69) is 0 Å². The van der Waals surface area contributed by atoms with Crippen molar-refractivity contribution in [3.8, 4) is 0 Å². The molecule has 0 radical (unpaired) electrons. The smallest absolute Gasteiger partial charge is 0.223 e. The average Bonchev–Trinajstić information content (AvgIpc) is 2.77. The zero-order valence-corrected chi connectivity index (χ0v) is 12.3. The fourth-order valence-corrected chi connectivity index (χ4v) is 3.83. The highest BCUT2D eigenvalue weighted by molar-refractivity contribution is 5.77. The Morgan fingerprint density at radius 1 is 1.24 bits per heavy atom.